The van der Waals surface area contributed by atoms with Gasteiger partial charge in [-0.1, -0.05) is 48.5 Å². The standard InChI is InChI=1S/C18H22N2OS.ClH/c19-12-7-13-20(14-16-8-3-1-4-9-16)18(21)15-22-17-10-5-2-6-11-17;/h1-6,8-11H,7,12-15,19H2;1H. The summed E-state index contributed by atoms with van der Waals surface area (Å²) in [5.41, 5.74) is 6.74. The van der Waals surface area contributed by atoms with Crippen molar-refractivity contribution in [3.63, 3.8) is 0 Å². The van der Waals surface area contributed by atoms with Crippen LogP contribution in [0.2, 0.25) is 0 Å². The summed E-state index contributed by atoms with van der Waals surface area (Å²) in [5, 5.41) is 0. The van der Waals surface area contributed by atoms with Crippen molar-refractivity contribution in [2.24, 2.45) is 5.73 Å². The number of halogens is 1. The molecule has 3 nitrogen and oxygen atoms in total. The van der Waals surface area contributed by atoms with Crippen LogP contribution in [0.5, 0.6) is 0 Å². The van der Waals surface area contributed by atoms with E-state index in [2.05, 4.69) is 0 Å². The van der Waals surface area contributed by atoms with Gasteiger partial charge in [0.25, 0.3) is 0 Å². The summed E-state index contributed by atoms with van der Waals surface area (Å²) in [7, 11) is 0. The molecule has 0 atom stereocenters. The van der Waals surface area contributed by atoms with Crippen LogP contribution in [0.3, 0.4) is 0 Å². The molecular weight excluding hydrogens is 328 g/mol. The number of benzene rings is 2. The highest BCUT2D eigenvalue weighted by Crippen LogP contribution is 2.18. The van der Waals surface area contributed by atoms with E-state index < -0.39 is 0 Å². The maximum atomic E-state index is 12.5. The summed E-state index contributed by atoms with van der Waals surface area (Å²) in [6.07, 6.45) is 0.828. The maximum absolute atomic E-state index is 12.5. The Morgan fingerprint density at radius 1 is 1.00 bits per heavy atom. The molecular formula is C18H23ClN2OS. The maximum Gasteiger partial charge on any atom is 0.233 e. The van der Waals surface area contributed by atoms with E-state index in [4.69, 9.17) is 5.73 Å². The van der Waals surface area contributed by atoms with Crippen molar-refractivity contribution in [3.8, 4) is 0 Å². The Hall–Kier alpha value is -1.49. The fraction of sp³-hybridized carbons (Fsp3) is 0.278. The highest BCUT2D eigenvalue weighted by molar-refractivity contribution is 8.00. The number of nitrogens with two attached hydrogens (primary N) is 1. The SMILES string of the molecule is Cl.NCCCN(Cc1ccccc1)C(=O)CSc1ccccc1. The minimum atomic E-state index is 0. The predicted molar refractivity (Wildman–Crippen MR) is 99.9 cm³/mol. The van der Waals surface area contributed by atoms with Gasteiger partial charge in [0.2, 0.25) is 5.91 Å². The van der Waals surface area contributed by atoms with Crippen molar-refractivity contribution in [3.05, 3.63) is 66.2 Å². The molecule has 0 aliphatic rings. The van der Waals surface area contributed by atoms with Gasteiger partial charge in [0.05, 0.1) is 5.75 Å². The molecule has 2 N–H and O–H groups in total. The van der Waals surface area contributed by atoms with Crippen molar-refractivity contribution in [1.82, 2.24) is 4.90 Å². The average molecular weight is 351 g/mol. The number of rotatable bonds is 8. The Morgan fingerprint density at radius 3 is 2.22 bits per heavy atom. The second-order valence-electron chi connectivity index (χ2n) is 5.04. The number of nitrogens with zero attached hydrogens (tertiary/aromatic N) is 1. The molecule has 5 heteroatoms. The summed E-state index contributed by atoms with van der Waals surface area (Å²) >= 11 is 1.58. The van der Waals surface area contributed by atoms with E-state index >= 15 is 0 Å². The van der Waals surface area contributed by atoms with Gasteiger partial charge < -0.3 is 10.6 Å². The average Bonchev–Trinajstić information content (AvgIpc) is 2.58. The Morgan fingerprint density at radius 2 is 1.61 bits per heavy atom. The van der Waals surface area contributed by atoms with Crippen LogP contribution in [-0.2, 0) is 11.3 Å². The van der Waals surface area contributed by atoms with Crippen molar-refractivity contribution >= 4 is 30.1 Å². The summed E-state index contributed by atoms with van der Waals surface area (Å²) in [6.45, 7) is 1.96. The van der Waals surface area contributed by atoms with Crippen molar-refractivity contribution in [2.45, 2.75) is 17.9 Å². The molecule has 1 amide bonds. The Bertz CT molecular complexity index is 566. The topological polar surface area (TPSA) is 46.3 Å². The largest absolute Gasteiger partial charge is 0.338 e. The molecule has 0 radical (unpaired) electrons. The van der Waals surface area contributed by atoms with Gasteiger partial charge in [-0.05, 0) is 30.7 Å². The first-order valence-corrected chi connectivity index (χ1v) is 8.48. The molecule has 0 aliphatic carbocycles. The summed E-state index contributed by atoms with van der Waals surface area (Å²) in [5.74, 6) is 0.618. The van der Waals surface area contributed by atoms with Crippen LogP contribution in [0.25, 0.3) is 0 Å². The lowest BCUT2D eigenvalue weighted by Gasteiger charge is -2.22. The Balaban J connectivity index is 0.00000264. The van der Waals surface area contributed by atoms with E-state index in [-0.39, 0.29) is 18.3 Å². The number of carbonyl (C=O) groups excluding carboxylic acids is 1. The molecule has 0 saturated heterocycles. The molecule has 0 heterocycles. The smallest absolute Gasteiger partial charge is 0.233 e. The lowest BCUT2D eigenvalue weighted by molar-refractivity contribution is -0.129. The number of hydrogen-bond acceptors (Lipinski definition) is 3. The van der Waals surface area contributed by atoms with Gasteiger partial charge in [-0.3, -0.25) is 4.79 Å². The van der Waals surface area contributed by atoms with Gasteiger partial charge >= 0.3 is 0 Å². The van der Waals surface area contributed by atoms with Gasteiger partial charge in [-0.15, -0.1) is 24.2 Å². The highest BCUT2D eigenvalue weighted by atomic mass is 35.5. The third-order valence-corrected chi connectivity index (χ3v) is 4.30. The fourth-order valence-electron chi connectivity index (χ4n) is 2.13. The van der Waals surface area contributed by atoms with Gasteiger partial charge in [0.1, 0.15) is 0 Å². The number of amides is 1. The van der Waals surface area contributed by atoms with E-state index in [9.17, 15) is 4.79 Å². The van der Waals surface area contributed by atoms with E-state index in [0.29, 0.717) is 25.4 Å². The number of thioether (sulfide) groups is 1. The second kappa shape index (κ2) is 11.1. The van der Waals surface area contributed by atoms with Crippen LogP contribution in [-0.4, -0.2) is 29.6 Å². The third kappa shape index (κ3) is 7.08. The summed E-state index contributed by atoms with van der Waals surface area (Å²) in [6, 6.07) is 20.1. The first kappa shape index (κ1) is 19.6. The quantitative estimate of drug-likeness (QED) is 0.740. The van der Waals surface area contributed by atoms with E-state index in [1.807, 2.05) is 65.6 Å². The first-order chi connectivity index (χ1) is 10.8. The highest BCUT2D eigenvalue weighted by Gasteiger charge is 2.13. The normalized spacial score (nSPS) is 9.96. The minimum absolute atomic E-state index is 0. The van der Waals surface area contributed by atoms with Crippen LogP contribution in [0.4, 0.5) is 0 Å². The van der Waals surface area contributed by atoms with E-state index in [0.717, 1.165) is 16.9 Å². The first-order valence-electron chi connectivity index (χ1n) is 7.49. The van der Waals surface area contributed by atoms with Gasteiger partial charge in [0.15, 0.2) is 0 Å². The molecule has 0 saturated carbocycles. The van der Waals surface area contributed by atoms with Crippen LogP contribution in [0.15, 0.2) is 65.6 Å². The summed E-state index contributed by atoms with van der Waals surface area (Å²) < 4.78 is 0. The van der Waals surface area contributed by atoms with Crippen LogP contribution in [0, 0.1) is 0 Å². The van der Waals surface area contributed by atoms with E-state index in [1.54, 1.807) is 11.8 Å². The number of carbonyl (C=O) groups is 1. The Labute approximate surface area is 148 Å². The molecule has 0 aliphatic heterocycles. The fourth-order valence-corrected chi connectivity index (χ4v) is 2.95. The lowest BCUT2D eigenvalue weighted by atomic mass is 10.2. The number of hydrogen-bond donors (Lipinski definition) is 1. The molecule has 23 heavy (non-hydrogen) atoms. The Kier molecular flexibility index (Phi) is 9.45. The molecule has 2 aromatic rings. The molecule has 2 rings (SSSR count). The lowest BCUT2D eigenvalue weighted by Crippen LogP contribution is -2.33. The van der Waals surface area contributed by atoms with E-state index in [1.165, 1.54) is 0 Å². The molecule has 0 spiro atoms. The van der Waals surface area contributed by atoms with Gasteiger partial charge in [-0.2, -0.15) is 0 Å². The van der Waals surface area contributed by atoms with Crippen LogP contribution < -0.4 is 5.73 Å². The molecule has 0 unspecified atom stereocenters. The van der Waals surface area contributed by atoms with Gasteiger partial charge in [-0.25, -0.2) is 0 Å². The van der Waals surface area contributed by atoms with Crippen LogP contribution >= 0.6 is 24.2 Å². The molecule has 0 bridgehead atoms. The summed E-state index contributed by atoms with van der Waals surface area (Å²) in [4.78, 5) is 15.5. The van der Waals surface area contributed by atoms with Crippen molar-refractivity contribution in [2.75, 3.05) is 18.8 Å². The molecule has 0 aromatic heterocycles. The molecule has 2 aromatic carbocycles. The predicted octanol–water partition coefficient (Wildman–Crippen LogP) is 3.58. The minimum Gasteiger partial charge on any atom is -0.338 e. The molecule has 0 fully saturated rings. The van der Waals surface area contributed by atoms with Crippen molar-refractivity contribution in [1.29, 1.82) is 0 Å². The van der Waals surface area contributed by atoms with Crippen LogP contribution in [0.1, 0.15) is 12.0 Å². The zero-order valence-electron chi connectivity index (χ0n) is 13.1. The van der Waals surface area contributed by atoms with Crippen molar-refractivity contribution < 1.29 is 4.79 Å². The molecule has 124 valence electrons. The van der Waals surface area contributed by atoms with Gasteiger partial charge in [0, 0.05) is 18.0 Å². The monoisotopic (exact) mass is 350 g/mol. The second-order valence-corrected chi connectivity index (χ2v) is 6.09. The third-order valence-electron chi connectivity index (χ3n) is 3.31. The zero-order chi connectivity index (χ0) is 15.6. The zero-order valence-corrected chi connectivity index (χ0v) is 14.7.